The summed E-state index contributed by atoms with van der Waals surface area (Å²) in [5, 5.41) is 2.97. The fourth-order valence-corrected chi connectivity index (χ4v) is 2.57. The van der Waals surface area contributed by atoms with Crippen LogP contribution in [0.15, 0.2) is 24.3 Å². The van der Waals surface area contributed by atoms with Crippen molar-refractivity contribution in [2.75, 3.05) is 0 Å². The van der Waals surface area contributed by atoms with Crippen LogP contribution in [0, 0.1) is 5.92 Å². The van der Waals surface area contributed by atoms with E-state index in [0.29, 0.717) is 18.3 Å². The van der Waals surface area contributed by atoms with Gasteiger partial charge in [0, 0.05) is 18.4 Å². The third-order valence-corrected chi connectivity index (χ3v) is 3.45. The molecule has 0 saturated carbocycles. The molecule has 2 unspecified atom stereocenters. The number of carbonyl (C=O) groups excluding carboxylic acids is 1. The third-order valence-electron chi connectivity index (χ3n) is 3.45. The van der Waals surface area contributed by atoms with Crippen LogP contribution >= 0.6 is 0 Å². The van der Waals surface area contributed by atoms with Crippen molar-refractivity contribution in [1.82, 2.24) is 5.32 Å². The molecule has 2 rings (SSSR count). The maximum atomic E-state index is 11.3. The Kier molecular flexibility index (Phi) is 3.51. The number of hydrogen-bond donors (Lipinski definition) is 1. The first-order chi connectivity index (χ1) is 8.06. The molecule has 1 aliphatic heterocycles. The van der Waals surface area contributed by atoms with Crippen LogP contribution in [-0.2, 0) is 11.2 Å². The Bertz CT molecular complexity index is 394. The molecule has 1 aromatic carbocycles. The van der Waals surface area contributed by atoms with E-state index in [-0.39, 0.29) is 11.9 Å². The molecular weight excluding hydrogens is 210 g/mol. The molecule has 92 valence electrons. The average molecular weight is 231 g/mol. The summed E-state index contributed by atoms with van der Waals surface area (Å²) in [7, 11) is 0. The molecule has 1 aliphatic rings. The lowest BCUT2D eigenvalue weighted by Gasteiger charge is -2.15. The molecule has 1 aromatic rings. The van der Waals surface area contributed by atoms with E-state index in [9.17, 15) is 4.79 Å². The Morgan fingerprint density at radius 2 is 1.94 bits per heavy atom. The maximum absolute atomic E-state index is 11.3. The highest BCUT2D eigenvalue weighted by Gasteiger charge is 2.29. The van der Waals surface area contributed by atoms with Gasteiger partial charge in [0.15, 0.2) is 0 Å². The van der Waals surface area contributed by atoms with Crippen LogP contribution in [-0.4, -0.2) is 11.9 Å². The zero-order valence-electron chi connectivity index (χ0n) is 10.9. The highest BCUT2D eigenvalue weighted by Crippen LogP contribution is 2.28. The summed E-state index contributed by atoms with van der Waals surface area (Å²) in [6, 6.07) is 9.02. The van der Waals surface area contributed by atoms with Gasteiger partial charge in [-0.3, -0.25) is 4.79 Å². The lowest BCUT2D eigenvalue weighted by molar-refractivity contribution is -0.119. The zero-order valence-corrected chi connectivity index (χ0v) is 10.9. The molecule has 0 bridgehead atoms. The highest BCUT2D eigenvalue weighted by atomic mass is 16.1. The second kappa shape index (κ2) is 4.91. The first-order valence-corrected chi connectivity index (χ1v) is 6.44. The summed E-state index contributed by atoms with van der Waals surface area (Å²) >= 11 is 0. The first kappa shape index (κ1) is 12.2. The second-order valence-corrected chi connectivity index (χ2v) is 5.51. The van der Waals surface area contributed by atoms with Crippen molar-refractivity contribution in [3.63, 3.8) is 0 Å². The van der Waals surface area contributed by atoms with Gasteiger partial charge in [0.2, 0.25) is 5.91 Å². The van der Waals surface area contributed by atoms with Gasteiger partial charge >= 0.3 is 0 Å². The number of carbonyl (C=O) groups is 1. The topological polar surface area (TPSA) is 29.1 Å². The molecule has 1 N–H and O–H groups in total. The first-order valence-electron chi connectivity index (χ1n) is 6.44. The maximum Gasteiger partial charge on any atom is 0.220 e. The minimum absolute atomic E-state index is 0.175. The van der Waals surface area contributed by atoms with Crippen molar-refractivity contribution < 1.29 is 4.79 Å². The van der Waals surface area contributed by atoms with E-state index in [4.69, 9.17) is 0 Å². The van der Waals surface area contributed by atoms with Gasteiger partial charge < -0.3 is 5.32 Å². The predicted octanol–water partition coefficient (Wildman–Crippen LogP) is 2.88. The second-order valence-electron chi connectivity index (χ2n) is 5.51. The van der Waals surface area contributed by atoms with Crippen LogP contribution < -0.4 is 5.32 Å². The fourth-order valence-electron chi connectivity index (χ4n) is 2.57. The van der Waals surface area contributed by atoms with Crippen LogP contribution in [0.4, 0.5) is 0 Å². The fraction of sp³-hybridized carbons (Fsp3) is 0.533. The molecule has 0 radical (unpaired) electrons. The summed E-state index contributed by atoms with van der Waals surface area (Å²) < 4.78 is 0. The Labute approximate surface area is 103 Å². The standard InChI is InChI=1S/C15H21NO/c1-10(2)8-12-4-6-13(7-5-12)14-9-15(17)16-11(14)3/h4-7,10-11,14H,8-9H2,1-3H3,(H,16,17). The molecule has 0 aliphatic carbocycles. The van der Waals surface area contributed by atoms with Gasteiger partial charge in [-0.05, 0) is 30.4 Å². The quantitative estimate of drug-likeness (QED) is 0.851. The summed E-state index contributed by atoms with van der Waals surface area (Å²) in [6.45, 7) is 6.54. The van der Waals surface area contributed by atoms with Crippen molar-refractivity contribution in [2.45, 2.75) is 45.6 Å². The summed E-state index contributed by atoms with van der Waals surface area (Å²) in [6.07, 6.45) is 1.75. The zero-order chi connectivity index (χ0) is 12.4. The molecule has 2 heteroatoms. The molecule has 1 heterocycles. The Hall–Kier alpha value is -1.31. The van der Waals surface area contributed by atoms with Gasteiger partial charge in [0.05, 0.1) is 0 Å². The van der Waals surface area contributed by atoms with E-state index < -0.39 is 0 Å². The van der Waals surface area contributed by atoms with Crippen molar-refractivity contribution in [1.29, 1.82) is 0 Å². The van der Waals surface area contributed by atoms with E-state index in [0.717, 1.165) is 6.42 Å². The highest BCUT2D eigenvalue weighted by molar-refractivity contribution is 5.80. The van der Waals surface area contributed by atoms with Gasteiger partial charge in [0.1, 0.15) is 0 Å². The normalized spacial score (nSPS) is 24.1. The van der Waals surface area contributed by atoms with Gasteiger partial charge in [-0.1, -0.05) is 38.1 Å². The van der Waals surface area contributed by atoms with Crippen molar-refractivity contribution in [3.8, 4) is 0 Å². The minimum Gasteiger partial charge on any atom is -0.353 e. The summed E-state index contributed by atoms with van der Waals surface area (Å²) in [4.78, 5) is 11.3. The Morgan fingerprint density at radius 1 is 1.29 bits per heavy atom. The van der Waals surface area contributed by atoms with Crippen LogP contribution in [0.2, 0.25) is 0 Å². The average Bonchev–Trinajstić information content (AvgIpc) is 2.58. The monoisotopic (exact) mass is 231 g/mol. The van der Waals surface area contributed by atoms with E-state index >= 15 is 0 Å². The lowest BCUT2D eigenvalue weighted by atomic mass is 9.91. The van der Waals surface area contributed by atoms with Gasteiger partial charge in [-0.2, -0.15) is 0 Å². The van der Waals surface area contributed by atoms with E-state index in [2.05, 4.69) is 50.4 Å². The predicted molar refractivity (Wildman–Crippen MR) is 69.9 cm³/mol. The number of benzene rings is 1. The molecule has 0 aromatic heterocycles. The van der Waals surface area contributed by atoms with E-state index in [1.807, 2.05) is 0 Å². The SMILES string of the molecule is CC(C)Cc1ccc(C2CC(=O)NC2C)cc1. The third kappa shape index (κ3) is 2.87. The number of amides is 1. The molecule has 2 nitrogen and oxygen atoms in total. The van der Waals surface area contributed by atoms with E-state index in [1.54, 1.807) is 0 Å². The minimum atomic E-state index is 0.175. The molecule has 2 atom stereocenters. The molecule has 1 fully saturated rings. The van der Waals surface area contributed by atoms with Crippen LogP contribution in [0.25, 0.3) is 0 Å². The molecular formula is C15H21NO. The van der Waals surface area contributed by atoms with Crippen LogP contribution in [0.1, 0.15) is 44.2 Å². The molecule has 1 saturated heterocycles. The number of nitrogens with one attached hydrogen (secondary N) is 1. The Morgan fingerprint density at radius 3 is 2.41 bits per heavy atom. The lowest BCUT2D eigenvalue weighted by Crippen LogP contribution is -2.24. The molecule has 17 heavy (non-hydrogen) atoms. The summed E-state index contributed by atoms with van der Waals surface area (Å²) in [5.41, 5.74) is 2.66. The molecule has 0 spiro atoms. The van der Waals surface area contributed by atoms with Crippen molar-refractivity contribution in [2.24, 2.45) is 5.92 Å². The van der Waals surface area contributed by atoms with Crippen molar-refractivity contribution >= 4 is 5.91 Å². The number of rotatable bonds is 3. The largest absolute Gasteiger partial charge is 0.353 e. The van der Waals surface area contributed by atoms with E-state index in [1.165, 1.54) is 11.1 Å². The van der Waals surface area contributed by atoms with Gasteiger partial charge in [0.25, 0.3) is 0 Å². The van der Waals surface area contributed by atoms with Crippen LogP contribution in [0.5, 0.6) is 0 Å². The smallest absolute Gasteiger partial charge is 0.220 e. The molecule has 1 amide bonds. The van der Waals surface area contributed by atoms with Crippen molar-refractivity contribution in [3.05, 3.63) is 35.4 Å². The van der Waals surface area contributed by atoms with Gasteiger partial charge in [-0.15, -0.1) is 0 Å². The number of hydrogen-bond acceptors (Lipinski definition) is 1. The van der Waals surface area contributed by atoms with Gasteiger partial charge in [-0.25, -0.2) is 0 Å². The summed E-state index contributed by atoms with van der Waals surface area (Å²) in [5.74, 6) is 1.21. The van der Waals surface area contributed by atoms with Crippen LogP contribution in [0.3, 0.4) is 0 Å². The Balaban J connectivity index is 2.10.